The lowest BCUT2D eigenvalue weighted by Gasteiger charge is -2.37. The molecule has 0 radical (unpaired) electrons. The quantitative estimate of drug-likeness (QED) is 0.831. The second-order valence-electron chi connectivity index (χ2n) is 4.90. The average Bonchev–Trinajstić information content (AvgIpc) is 2.38. The van der Waals surface area contributed by atoms with Gasteiger partial charge in [0.15, 0.2) is 0 Å². The lowest BCUT2D eigenvalue weighted by atomic mass is 10.2. The van der Waals surface area contributed by atoms with Crippen molar-refractivity contribution in [3.05, 3.63) is 24.3 Å². The molecule has 1 aromatic rings. The summed E-state index contributed by atoms with van der Waals surface area (Å²) in [6.45, 7) is 4.00. The van der Waals surface area contributed by atoms with Crippen molar-refractivity contribution < 1.29 is 13.2 Å². The molecular formula is C13H20N2O3S. The van der Waals surface area contributed by atoms with Crippen molar-refractivity contribution >= 4 is 10.0 Å². The van der Waals surface area contributed by atoms with Crippen LogP contribution in [0.25, 0.3) is 0 Å². The smallest absolute Gasteiger partial charge is 0.243 e. The third kappa shape index (κ3) is 2.91. The summed E-state index contributed by atoms with van der Waals surface area (Å²) >= 11 is 0. The van der Waals surface area contributed by atoms with Crippen molar-refractivity contribution in [2.75, 3.05) is 33.8 Å². The van der Waals surface area contributed by atoms with E-state index in [0.717, 1.165) is 13.1 Å². The largest absolute Gasteiger partial charge is 0.497 e. The summed E-state index contributed by atoms with van der Waals surface area (Å²) in [5.41, 5.74) is 0. The fourth-order valence-corrected chi connectivity index (χ4v) is 3.98. The Morgan fingerprint density at radius 1 is 1.21 bits per heavy atom. The van der Waals surface area contributed by atoms with Crippen LogP contribution in [0.5, 0.6) is 5.75 Å². The zero-order valence-corrected chi connectivity index (χ0v) is 12.4. The molecule has 0 saturated carbocycles. The van der Waals surface area contributed by atoms with E-state index in [4.69, 9.17) is 4.74 Å². The molecule has 1 aliphatic heterocycles. The van der Waals surface area contributed by atoms with Crippen molar-refractivity contribution in [3.63, 3.8) is 0 Å². The molecule has 0 N–H and O–H groups in total. The Hall–Kier alpha value is -1.11. The van der Waals surface area contributed by atoms with Crippen LogP contribution in [0.2, 0.25) is 0 Å². The second-order valence-corrected chi connectivity index (χ2v) is 6.79. The van der Waals surface area contributed by atoms with Gasteiger partial charge in [-0.1, -0.05) is 0 Å². The summed E-state index contributed by atoms with van der Waals surface area (Å²) in [5, 5.41) is 0. The fraction of sp³-hybridized carbons (Fsp3) is 0.538. The van der Waals surface area contributed by atoms with Crippen LogP contribution in [0.15, 0.2) is 29.2 Å². The molecule has 2 rings (SSSR count). The molecule has 1 heterocycles. The first-order chi connectivity index (χ1) is 8.95. The van der Waals surface area contributed by atoms with Gasteiger partial charge in [-0.25, -0.2) is 8.42 Å². The maximum Gasteiger partial charge on any atom is 0.243 e. The highest BCUT2D eigenvalue weighted by Crippen LogP contribution is 2.22. The Bertz CT molecular complexity index is 527. The summed E-state index contributed by atoms with van der Waals surface area (Å²) < 4.78 is 31.8. The van der Waals surface area contributed by atoms with Gasteiger partial charge in [0.2, 0.25) is 10.0 Å². The first-order valence-electron chi connectivity index (χ1n) is 6.29. The highest BCUT2D eigenvalue weighted by atomic mass is 32.2. The second kappa shape index (κ2) is 5.48. The summed E-state index contributed by atoms with van der Waals surface area (Å²) in [5.74, 6) is 0.658. The molecule has 1 atom stereocenters. The number of sulfonamides is 1. The predicted octanol–water partition coefficient (Wildman–Crippen LogP) is 1.02. The van der Waals surface area contributed by atoms with E-state index < -0.39 is 10.0 Å². The van der Waals surface area contributed by atoms with Gasteiger partial charge in [-0.2, -0.15) is 4.31 Å². The van der Waals surface area contributed by atoms with Gasteiger partial charge in [0.1, 0.15) is 5.75 Å². The first-order valence-corrected chi connectivity index (χ1v) is 7.73. The Morgan fingerprint density at radius 2 is 1.84 bits per heavy atom. The van der Waals surface area contributed by atoms with Gasteiger partial charge < -0.3 is 9.64 Å². The summed E-state index contributed by atoms with van der Waals surface area (Å²) in [7, 11) is 0.161. The highest BCUT2D eigenvalue weighted by Gasteiger charge is 2.32. The van der Waals surface area contributed by atoms with E-state index >= 15 is 0 Å². The minimum atomic E-state index is -3.41. The molecule has 0 bridgehead atoms. The summed E-state index contributed by atoms with van der Waals surface area (Å²) in [6.07, 6.45) is 0. The van der Waals surface area contributed by atoms with Crippen LogP contribution >= 0.6 is 0 Å². The van der Waals surface area contributed by atoms with Crippen molar-refractivity contribution in [1.29, 1.82) is 0 Å². The summed E-state index contributed by atoms with van der Waals surface area (Å²) in [4.78, 5) is 2.47. The Morgan fingerprint density at radius 3 is 2.37 bits per heavy atom. The number of rotatable bonds is 3. The molecule has 1 fully saturated rings. The van der Waals surface area contributed by atoms with Gasteiger partial charge in [0, 0.05) is 25.7 Å². The van der Waals surface area contributed by atoms with Crippen LogP contribution < -0.4 is 4.74 Å². The number of hydrogen-bond donors (Lipinski definition) is 0. The highest BCUT2D eigenvalue weighted by molar-refractivity contribution is 7.89. The van der Waals surface area contributed by atoms with Crippen LogP contribution in [-0.2, 0) is 10.0 Å². The molecule has 0 spiro atoms. The zero-order valence-electron chi connectivity index (χ0n) is 11.5. The van der Waals surface area contributed by atoms with Crippen LogP contribution in [0, 0.1) is 0 Å². The number of piperazine rings is 1. The third-order valence-corrected chi connectivity index (χ3v) is 5.46. The van der Waals surface area contributed by atoms with E-state index in [2.05, 4.69) is 4.90 Å². The zero-order chi connectivity index (χ0) is 14.0. The van der Waals surface area contributed by atoms with E-state index in [-0.39, 0.29) is 6.04 Å². The monoisotopic (exact) mass is 284 g/mol. The number of ether oxygens (including phenoxy) is 1. The molecule has 1 unspecified atom stereocenters. The molecule has 0 aromatic heterocycles. The van der Waals surface area contributed by atoms with Crippen molar-refractivity contribution in [3.8, 4) is 5.75 Å². The molecule has 1 saturated heterocycles. The van der Waals surface area contributed by atoms with Gasteiger partial charge in [0.05, 0.1) is 12.0 Å². The maximum absolute atomic E-state index is 12.6. The Labute approximate surface area is 114 Å². The van der Waals surface area contributed by atoms with Gasteiger partial charge in [-0.3, -0.25) is 0 Å². The van der Waals surface area contributed by atoms with E-state index in [9.17, 15) is 8.42 Å². The molecule has 1 aromatic carbocycles. The van der Waals surface area contributed by atoms with Gasteiger partial charge in [-0.05, 0) is 38.2 Å². The Kier molecular flexibility index (Phi) is 4.13. The third-order valence-electron chi connectivity index (χ3n) is 3.44. The van der Waals surface area contributed by atoms with Gasteiger partial charge >= 0.3 is 0 Å². The average molecular weight is 284 g/mol. The number of hydrogen-bond acceptors (Lipinski definition) is 4. The fourth-order valence-electron chi connectivity index (χ4n) is 2.36. The lowest BCUT2D eigenvalue weighted by molar-refractivity contribution is 0.170. The topological polar surface area (TPSA) is 49.9 Å². The van der Waals surface area contributed by atoms with E-state index in [1.54, 1.807) is 35.7 Å². The molecule has 19 heavy (non-hydrogen) atoms. The minimum absolute atomic E-state index is 0.00847. The van der Waals surface area contributed by atoms with Crippen LogP contribution in [-0.4, -0.2) is 57.5 Å². The lowest BCUT2D eigenvalue weighted by Crippen LogP contribution is -2.52. The molecule has 106 valence electrons. The van der Waals surface area contributed by atoms with Crippen molar-refractivity contribution in [2.24, 2.45) is 0 Å². The number of methoxy groups -OCH3 is 1. The minimum Gasteiger partial charge on any atom is -0.497 e. The van der Waals surface area contributed by atoms with Crippen molar-refractivity contribution in [2.45, 2.75) is 17.9 Å². The SMILES string of the molecule is COc1ccc(S(=O)(=O)N2CCN(C)CC2C)cc1. The normalized spacial score (nSPS) is 22.4. The predicted molar refractivity (Wildman–Crippen MR) is 73.8 cm³/mol. The van der Waals surface area contributed by atoms with Crippen LogP contribution in [0.3, 0.4) is 0 Å². The first kappa shape index (κ1) is 14.3. The summed E-state index contributed by atoms with van der Waals surface area (Å²) in [6, 6.07) is 6.53. The van der Waals surface area contributed by atoms with Crippen molar-refractivity contribution in [1.82, 2.24) is 9.21 Å². The number of benzene rings is 1. The molecule has 0 aliphatic carbocycles. The van der Waals surface area contributed by atoms with Crippen LogP contribution in [0.4, 0.5) is 0 Å². The molecule has 6 heteroatoms. The van der Waals surface area contributed by atoms with Gasteiger partial charge in [-0.15, -0.1) is 0 Å². The molecular weight excluding hydrogens is 264 g/mol. The number of nitrogens with zero attached hydrogens (tertiary/aromatic N) is 2. The van der Waals surface area contributed by atoms with E-state index in [1.807, 2.05) is 14.0 Å². The number of likely N-dealkylation sites (N-methyl/N-ethyl adjacent to an activating group) is 1. The molecule has 1 aliphatic rings. The molecule has 0 amide bonds. The van der Waals surface area contributed by atoms with E-state index in [0.29, 0.717) is 17.2 Å². The standard InChI is InChI=1S/C13H20N2O3S/c1-11-10-14(2)8-9-15(11)19(16,17)13-6-4-12(18-3)5-7-13/h4-7,11H,8-10H2,1-3H3. The van der Waals surface area contributed by atoms with Crippen LogP contribution in [0.1, 0.15) is 6.92 Å². The maximum atomic E-state index is 12.6. The van der Waals surface area contributed by atoms with Gasteiger partial charge in [0.25, 0.3) is 0 Å². The Balaban J connectivity index is 2.26. The van der Waals surface area contributed by atoms with E-state index in [1.165, 1.54) is 0 Å². The molecule has 5 nitrogen and oxygen atoms in total.